The lowest BCUT2D eigenvalue weighted by Crippen LogP contribution is -2.40. The molecule has 1 aliphatic heterocycles. The molecule has 0 spiro atoms. The molecule has 0 aromatic rings. The van der Waals surface area contributed by atoms with Gasteiger partial charge in [-0.05, 0) is 26.8 Å². The largest absolute Gasteiger partial charge is 0.451 e. The minimum atomic E-state index is -3.77. The zero-order valence-electron chi connectivity index (χ0n) is 10.1. The molecule has 2 atom stereocenters. The first kappa shape index (κ1) is 14.4. The summed E-state index contributed by atoms with van der Waals surface area (Å²) >= 11 is 0. The Morgan fingerprint density at radius 2 is 2.00 bits per heavy atom. The predicted octanol–water partition coefficient (Wildman–Crippen LogP) is 1.44. The molecule has 1 heterocycles. The number of aliphatic hydroxyl groups is 1. The van der Waals surface area contributed by atoms with Gasteiger partial charge >= 0.3 is 13.6 Å². The molecule has 98 valence electrons. The SMILES string of the molecule is CCOP(=O)(OCC)[C@](C)(O)[C@H]1C=CC(=O)O1. The molecule has 0 saturated carbocycles. The molecule has 1 aliphatic rings. The van der Waals surface area contributed by atoms with Crippen molar-refractivity contribution in [3.05, 3.63) is 12.2 Å². The van der Waals surface area contributed by atoms with E-state index in [0.717, 1.165) is 0 Å². The zero-order chi connectivity index (χ0) is 13.1. The molecule has 7 heteroatoms. The molecule has 0 fully saturated rings. The predicted molar refractivity (Wildman–Crippen MR) is 60.5 cm³/mol. The molecule has 0 aromatic heterocycles. The van der Waals surface area contributed by atoms with Gasteiger partial charge in [-0.1, -0.05) is 0 Å². The Labute approximate surface area is 100 Å². The van der Waals surface area contributed by atoms with Crippen LogP contribution in [-0.4, -0.2) is 35.7 Å². The second-order valence-corrected chi connectivity index (χ2v) is 6.06. The van der Waals surface area contributed by atoms with E-state index in [4.69, 9.17) is 13.8 Å². The maximum atomic E-state index is 12.4. The van der Waals surface area contributed by atoms with Crippen LogP contribution in [0.4, 0.5) is 0 Å². The van der Waals surface area contributed by atoms with Crippen LogP contribution in [0.5, 0.6) is 0 Å². The molecule has 0 radical (unpaired) electrons. The summed E-state index contributed by atoms with van der Waals surface area (Å²) < 4.78 is 27.3. The van der Waals surface area contributed by atoms with Crippen LogP contribution in [0.3, 0.4) is 0 Å². The Balaban J connectivity index is 2.95. The van der Waals surface area contributed by atoms with Gasteiger partial charge < -0.3 is 18.9 Å². The van der Waals surface area contributed by atoms with Crippen LogP contribution >= 0.6 is 7.60 Å². The molecule has 0 aromatic carbocycles. The van der Waals surface area contributed by atoms with Gasteiger partial charge in [0.05, 0.1) is 13.2 Å². The Hall–Kier alpha value is -0.680. The lowest BCUT2D eigenvalue weighted by atomic mass is 10.2. The highest BCUT2D eigenvalue weighted by Crippen LogP contribution is 2.60. The van der Waals surface area contributed by atoms with Crippen LogP contribution in [-0.2, 0) is 23.1 Å². The van der Waals surface area contributed by atoms with Gasteiger partial charge in [0.15, 0.2) is 6.10 Å². The van der Waals surface area contributed by atoms with E-state index >= 15 is 0 Å². The number of hydrogen-bond donors (Lipinski definition) is 1. The lowest BCUT2D eigenvalue weighted by Gasteiger charge is -2.33. The molecule has 0 aliphatic carbocycles. The van der Waals surface area contributed by atoms with Crippen LogP contribution < -0.4 is 0 Å². The van der Waals surface area contributed by atoms with Crippen LogP contribution in [0.15, 0.2) is 12.2 Å². The van der Waals surface area contributed by atoms with Crippen molar-refractivity contribution in [2.45, 2.75) is 32.2 Å². The average Bonchev–Trinajstić information content (AvgIpc) is 2.66. The Morgan fingerprint density at radius 3 is 2.35 bits per heavy atom. The molecule has 0 unspecified atom stereocenters. The van der Waals surface area contributed by atoms with E-state index in [1.807, 2.05) is 0 Å². The van der Waals surface area contributed by atoms with Crippen LogP contribution in [0, 0.1) is 0 Å². The third kappa shape index (κ3) is 2.77. The molecular formula is C10H17O6P. The van der Waals surface area contributed by atoms with Crippen molar-refractivity contribution in [3.63, 3.8) is 0 Å². The molecule has 6 nitrogen and oxygen atoms in total. The topological polar surface area (TPSA) is 82.1 Å². The number of ether oxygens (including phenoxy) is 1. The molecule has 0 bridgehead atoms. The number of esters is 1. The summed E-state index contributed by atoms with van der Waals surface area (Å²) in [6, 6.07) is 0. The summed E-state index contributed by atoms with van der Waals surface area (Å²) in [5.74, 6) is -0.588. The average molecular weight is 264 g/mol. The number of carbonyl (C=O) groups is 1. The minimum Gasteiger partial charge on any atom is -0.451 e. The fraction of sp³-hybridized carbons (Fsp3) is 0.700. The van der Waals surface area contributed by atoms with Gasteiger partial charge in [0.2, 0.25) is 5.34 Å². The molecule has 1 N–H and O–H groups in total. The van der Waals surface area contributed by atoms with E-state index in [-0.39, 0.29) is 13.2 Å². The summed E-state index contributed by atoms with van der Waals surface area (Å²) in [7, 11) is -3.77. The number of cyclic esters (lactones) is 1. The molecule has 0 amide bonds. The van der Waals surface area contributed by atoms with Crippen molar-refractivity contribution in [2.24, 2.45) is 0 Å². The number of hydrogen-bond acceptors (Lipinski definition) is 6. The van der Waals surface area contributed by atoms with E-state index < -0.39 is 25.0 Å². The van der Waals surface area contributed by atoms with Crippen molar-refractivity contribution >= 4 is 13.6 Å². The Morgan fingerprint density at radius 1 is 1.47 bits per heavy atom. The summed E-state index contributed by atoms with van der Waals surface area (Å²) in [5, 5.41) is 8.37. The number of rotatable bonds is 6. The first-order valence-electron chi connectivity index (χ1n) is 5.37. The molecule has 1 rings (SSSR count). The maximum Gasteiger partial charge on any atom is 0.365 e. The van der Waals surface area contributed by atoms with Gasteiger partial charge in [0.25, 0.3) is 0 Å². The monoisotopic (exact) mass is 264 g/mol. The minimum absolute atomic E-state index is 0.123. The van der Waals surface area contributed by atoms with Crippen molar-refractivity contribution in [1.82, 2.24) is 0 Å². The molecule has 0 saturated heterocycles. The third-order valence-electron chi connectivity index (χ3n) is 2.34. The van der Waals surface area contributed by atoms with Gasteiger partial charge in [-0.25, -0.2) is 4.79 Å². The van der Waals surface area contributed by atoms with Crippen LogP contribution in [0.1, 0.15) is 20.8 Å². The highest BCUT2D eigenvalue weighted by Gasteiger charge is 2.53. The maximum absolute atomic E-state index is 12.4. The van der Waals surface area contributed by atoms with E-state index in [1.54, 1.807) is 13.8 Å². The second kappa shape index (κ2) is 5.31. The molecular weight excluding hydrogens is 247 g/mol. The quantitative estimate of drug-likeness (QED) is 0.577. The summed E-state index contributed by atoms with van der Waals surface area (Å²) in [4.78, 5) is 11.0. The third-order valence-corrected chi connectivity index (χ3v) is 4.90. The fourth-order valence-electron chi connectivity index (χ4n) is 1.46. The second-order valence-electron chi connectivity index (χ2n) is 3.64. The van der Waals surface area contributed by atoms with Gasteiger partial charge in [0, 0.05) is 6.08 Å². The van der Waals surface area contributed by atoms with E-state index in [0.29, 0.717) is 0 Å². The van der Waals surface area contributed by atoms with E-state index in [2.05, 4.69) is 0 Å². The Bertz CT molecular complexity index is 352. The Kier molecular flexibility index (Phi) is 4.49. The standard InChI is InChI=1S/C10H17O6P/c1-4-14-17(13,15-5-2)10(3,12)8-6-7-9(11)16-8/h6-8,12H,4-5H2,1-3H3/t8-,10+/m1/s1. The fourth-order valence-corrected chi connectivity index (χ4v) is 3.19. The van der Waals surface area contributed by atoms with Gasteiger partial charge in [-0.15, -0.1) is 0 Å². The van der Waals surface area contributed by atoms with Gasteiger partial charge in [0.1, 0.15) is 0 Å². The first-order valence-corrected chi connectivity index (χ1v) is 6.92. The first-order chi connectivity index (χ1) is 7.87. The zero-order valence-corrected chi connectivity index (χ0v) is 11.0. The van der Waals surface area contributed by atoms with Crippen LogP contribution in [0.25, 0.3) is 0 Å². The van der Waals surface area contributed by atoms with E-state index in [9.17, 15) is 14.5 Å². The summed E-state index contributed by atoms with van der Waals surface area (Å²) in [6.07, 6.45) is 1.48. The van der Waals surface area contributed by atoms with Crippen molar-refractivity contribution in [2.75, 3.05) is 13.2 Å². The van der Waals surface area contributed by atoms with Gasteiger partial charge in [-0.3, -0.25) is 4.57 Å². The summed E-state index contributed by atoms with van der Waals surface area (Å²) in [6.45, 7) is 4.79. The highest BCUT2D eigenvalue weighted by atomic mass is 31.2. The van der Waals surface area contributed by atoms with E-state index in [1.165, 1.54) is 19.1 Å². The normalized spacial score (nSPS) is 23.5. The van der Waals surface area contributed by atoms with Crippen LogP contribution in [0.2, 0.25) is 0 Å². The highest BCUT2D eigenvalue weighted by molar-refractivity contribution is 7.55. The van der Waals surface area contributed by atoms with Crippen molar-refractivity contribution in [3.8, 4) is 0 Å². The van der Waals surface area contributed by atoms with Gasteiger partial charge in [-0.2, -0.15) is 0 Å². The van der Waals surface area contributed by atoms with Crippen molar-refractivity contribution in [1.29, 1.82) is 0 Å². The van der Waals surface area contributed by atoms with Crippen molar-refractivity contribution < 1.29 is 28.3 Å². The smallest absolute Gasteiger partial charge is 0.365 e. The summed E-state index contributed by atoms with van der Waals surface area (Å²) in [5.41, 5.74) is 0. The lowest BCUT2D eigenvalue weighted by molar-refractivity contribution is -0.144. The molecule has 17 heavy (non-hydrogen) atoms. The number of carbonyl (C=O) groups excluding carboxylic acids is 1.